The maximum atomic E-state index is 13.8. The van der Waals surface area contributed by atoms with Crippen LogP contribution in [0.2, 0.25) is 10.0 Å². The molecule has 3 N–H and O–H groups in total. The lowest BCUT2D eigenvalue weighted by atomic mass is 9.98. The van der Waals surface area contributed by atoms with Gasteiger partial charge in [-0.2, -0.15) is 0 Å². The van der Waals surface area contributed by atoms with Crippen molar-refractivity contribution in [3.63, 3.8) is 0 Å². The fourth-order valence-electron chi connectivity index (χ4n) is 1.82. The molecular formula is C13H11Cl2FN2. The van der Waals surface area contributed by atoms with E-state index in [2.05, 4.69) is 5.43 Å². The van der Waals surface area contributed by atoms with Crippen molar-refractivity contribution in [1.29, 1.82) is 0 Å². The molecule has 0 fully saturated rings. The van der Waals surface area contributed by atoms with E-state index in [1.165, 1.54) is 6.07 Å². The zero-order valence-corrected chi connectivity index (χ0v) is 10.8. The third-order valence-electron chi connectivity index (χ3n) is 2.67. The summed E-state index contributed by atoms with van der Waals surface area (Å²) in [5, 5.41) is 0.877. The Balaban J connectivity index is 2.56. The lowest BCUT2D eigenvalue weighted by Gasteiger charge is -2.20. The second kappa shape index (κ2) is 5.67. The standard InChI is InChI=1S/C13H11Cl2FN2/c14-9-5-3-6-10(15)12(9)13(18-17)8-4-1-2-7-11(8)16/h1-7,13,18H,17H2. The van der Waals surface area contributed by atoms with Crippen molar-refractivity contribution in [1.82, 2.24) is 5.43 Å². The molecule has 0 radical (unpaired) electrons. The van der Waals surface area contributed by atoms with Crippen LogP contribution in [0.3, 0.4) is 0 Å². The molecule has 2 nitrogen and oxygen atoms in total. The van der Waals surface area contributed by atoms with Crippen LogP contribution in [0.25, 0.3) is 0 Å². The number of hydrazine groups is 1. The van der Waals surface area contributed by atoms with E-state index in [9.17, 15) is 4.39 Å². The Morgan fingerprint density at radius 2 is 1.61 bits per heavy atom. The average molecular weight is 285 g/mol. The monoisotopic (exact) mass is 284 g/mol. The van der Waals surface area contributed by atoms with Gasteiger partial charge in [-0.3, -0.25) is 5.84 Å². The van der Waals surface area contributed by atoms with Gasteiger partial charge in [-0.05, 0) is 18.2 Å². The molecule has 0 aliphatic carbocycles. The smallest absolute Gasteiger partial charge is 0.128 e. The van der Waals surface area contributed by atoms with Crippen molar-refractivity contribution in [3.8, 4) is 0 Å². The molecule has 1 unspecified atom stereocenters. The van der Waals surface area contributed by atoms with E-state index >= 15 is 0 Å². The summed E-state index contributed by atoms with van der Waals surface area (Å²) < 4.78 is 13.8. The molecule has 0 saturated heterocycles. The summed E-state index contributed by atoms with van der Waals surface area (Å²) in [5.74, 6) is 5.15. The van der Waals surface area contributed by atoms with Crippen LogP contribution in [0.1, 0.15) is 17.2 Å². The van der Waals surface area contributed by atoms with Gasteiger partial charge in [0.1, 0.15) is 5.82 Å². The van der Waals surface area contributed by atoms with E-state index in [1.807, 2.05) is 0 Å². The zero-order chi connectivity index (χ0) is 13.1. The molecule has 0 spiro atoms. The molecule has 0 aliphatic rings. The summed E-state index contributed by atoms with van der Waals surface area (Å²) in [5.41, 5.74) is 3.51. The Kier molecular flexibility index (Phi) is 4.19. The highest BCUT2D eigenvalue weighted by molar-refractivity contribution is 6.36. The molecule has 2 aromatic carbocycles. The average Bonchev–Trinajstić information content (AvgIpc) is 2.35. The predicted molar refractivity (Wildman–Crippen MR) is 72.0 cm³/mol. The van der Waals surface area contributed by atoms with Crippen molar-refractivity contribution in [2.75, 3.05) is 0 Å². The van der Waals surface area contributed by atoms with Crippen molar-refractivity contribution in [2.24, 2.45) is 5.84 Å². The van der Waals surface area contributed by atoms with E-state index in [1.54, 1.807) is 36.4 Å². The van der Waals surface area contributed by atoms with Gasteiger partial charge in [0.15, 0.2) is 0 Å². The Hall–Kier alpha value is -1.13. The number of nitrogens with one attached hydrogen (secondary N) is 1. The molecule has 0 aliphatic heterocycles. The number of benzene rings is 2. The Bertz CT molecular complexity index is 540. The van der Waals surface area contributed by atoms with Crippen LogP contribution in [0.5, 0.6) is 0 Å². The van der Waals surface area contributed by atoms with Crippen molar-refractivity contribution < 1.29 is 4.39 Å². The Morgan fingerprint density at radius 3 is 2.17 bits per heavy atom. The summed E-state index contributed by atoms with van der Waals surface area (Å²) in [4.78, 5) is 0. The van der Waals surface area contributed by atoms with Crippen molar-refractivity contribution in [2.45, 2.75) is 6.04 Å². The highest BCUT2D eigenvalue weighted by Crippen LogP contribution is 2.34. The van der Waals surface area contributed by atoms with Crippen molar-refractivity contribution >= 4 is 23.2 Å². The number of halogens is 3. The molecule has 2 rings (SSSR count). The summed E-state index contributed by atoms with van der Waals surface area (Å²) in [6, 6.07) is 10.9. The molecule has 1 atom stereocenters. The van der Waals surface area contributed by atoms with Gasteiger partial charge in [-0.1, -0.05) is 47.5 Å². The highest BCUT2D eigenvalue weighted by Gasteiger charge is 2.21. The molecule has 18 heavy (non-hydrogen) atoms. The van der Waals surface area contributed by atoms with E-state index in [4.69, 9.17) is 29.0 Å². The molecule has 0 heterocycles. The fraction of sp³-hybridized carbons (Fsp3) is 0.0769. The molecule has 5 heteroatoms. The normalized spacial score (nSPS) is 12.4. The molecule has 0 amide bonds. The summed E-state index contributed by atoms with van der Waals surface area (Å²) in [7, 11) is 0. The second-order valence-corrected chi connectivity index (χ2v) is 4.57. The van der Waals surface area contributed by atoms with Gasteiger partial charge in [-0.15, -0.1) is 0 Å². The maximum absolute atomic E-state index is 13.8. The van der Waals surface area contributed by atoms with Gasteiger partial charge in [0.05, 0.1) is 6.04 Å². The number of hydrogen-bond acceptors (Lipinski definition) is 2. The van der Waals surface area contributed by atoms with Gasteiger partial charge >= 0.3 is 0 Å². The Morgan fingerprint density at radius 1 is 1.00 bits per heavy atom. The number of hydrogen-bond donors (Lipinski definition) is 2. The van der Waals surface area contributed by atoms with Crippen LogP contribution in [0.15, 0.2) is 42.5 Å². The van der Waals surface area contributed by atoms with Gasteiger partial charge in [-0.25, -0.2) is 9.82 Å². The molecule has 94 valence electrons. The van der Waals surface area contributed by atoms with Gasteiger partial charge < -0.3 is 0 Å². The van der Waals surface area contributed by atoms with E-state index < -0.39 is 6.04 Å². The fourth-order valence-corrected chi connectivity index (χ4v) is 2.44. The minimum atomic E-state index is -0.590. The largest absolute Gasteiger partial charge is 0.271 e. The molecule has 0 bridgehead atoms. The first-order chi connectivity index (χ1) is 8.65. The molecule has 2 aromatic rings. The predicted octanol–water partition coefficient (Wildman–Crippen LogP) is 3.69. The second-order valence-electron chi connectivity index (χ2n) is 3.76. The minimum Gasteiger partial charge on any atom is -0.271 e. The van der Waals surface area contributed by atoms with Crippen LogP contribution in [0.4, 0.5) is 4.39 Å². The van der Waals surface area contributed by atoms with E-state index in [0.717, 1.165) is 0 Å². The van der Waals surface area contributed by atoms with Crippen LogP contribution in [0, 0.1) is 5.82 Å². The maximum Gasteiger partial charge on any atom is 0.128 e. The summed E-state index contributed by atoms with van der Waals surface area (Å²) >= 11 is 12.2. The Labute approximate surface area is 114 Å². The molecular weight excluding hydrogens is 274 g/mol. The van der Waals surface area contributed by atoms with Crippen LogP contribution in [-0.2, 0) is 0 Å². The zero-order valence-electron chi connectivity index (χ0n) is 9.33. The van der Waals surface area contributed by atoms with Gasteiger partial charge in [0, 0.05) is 21.2 Å². The first kappa shape index (κ1) is 13.3. The first-order valence-electron chi connectivity index (χ1n) is 5.29. The molecule has 0 saturated carbocycles. The minimum absolute atomic E-state index is 0.364. The highest BCUT2D eigenvalue weighted by atomic mass is 35.5. The number of nitrogens with two attached hydrogens (primary N) is 1. The SMILES string of the molecule is NNC(c1ccccc1F)c1c(Cl)cccc1Cl. The van der Waals surface area contributed by atoms with E-state index in [-0.39, 0.29) is 5.82 Å². The lowest BCUT2D eigenvalue weighted by Crippen LogP contribution is -2.30. The van der Waals surface area contributed by atoms with Gasteiger partial charge in [0.25, 0.3) is 0 Å². The summed E-state index contributed by atoms with van der Waals surface area (Å²) in [6.07, 6.45) is 0. The lowest BCUT2D eigenvalue weighted by molar-refractivity contribution is 0.560. The third-order valence-corrected chi connectivity index (χ3v) is 3.33. The molecule has 0 aromatic heterocycles. The first-order valence-corrected chi connectivity index (χ1v) is 6.05. The quantitative estimate of drug-likeness (QED) is 0.666. The van der Waals surface area contributed by atoms with Crippen LogP contribution in [-0.4, -0.2) is 0 Å². The van der Waals surface area contributed by atoms with Crippen molar-refractivity contribution in [3.05, 3.63) is 69.5 Å². The summed E-state index contributed by atoms with van der Waals surface area (Å²) in [6.45, 7) is 0. The van der Waals surface area contributed by atoms with Gasteiger partial charge in [0.2, 0.25) is 0 Å². The van der Waals surface area contributed by atoms with Crippen LogP contribution < -0.4 is 11.3 Å². The third kappa shape index (κ3) is 2.49. The van der Waals surface area contributed by atoms with Crippen LogP contribution >= 0.6 is 23.2 Å². The number of rotatable bonds is 3. The van der Waals surface area contributed by atoms with E-state index in [0.29, 0.717) is 21.2 Å². The topological polar surface area (TPSA) is 38.0 Å².